The van der Waals surface area contributed by atoms with Crippen LogP contribution >= 0.6 is 0 Å². The monoisotopic (exact) mass is 684 g/mol. The first-order chi connectivity index (χ1) is 26.3. The molecule has 6 aromatic carbocycles. The van der Waals surface area contributed by atoms with Crippen LogP contribution in [0.3, 0.4) is 0 Å². The molecule has 0 radical (unpaired) electrons. The number of para-hydroxylation sites is 4. The predicted molar refractivity (Wildman–Crippen MR) is 219 cm³/mol. The van der Waals surface area contributed by atoms with Gasteiger partial charge in [0, 0.05) is 46.5 Å². The summed E-state index contributed by atoms with van der Waals surface area (Å²) in [7, 11) is 0. The second-order valence-corrected chi connectivity index (χ2v) is 12.4. The first kappa shape index (κ1) is 32.9. The highest BCUT2D eigenvalue weighted by Crippen LogP contribution is 2.35. The van der Waals surface area contributed by atoms with Gasteiger partial charge in [-0.25, -0.2) is 15.0 Å². The van der Waals surface area contributed by atoms with E-state index in [1.54, 1.807) is 12.5 Å². The normalized spacial score (nSPS) is 11.2. The molecule has 6 heteroatoms. The summed E-state index contributed by atoms with van der Waals surface area (Å²) in [6.45, 7) is 0. The van der Waals surface area contributed by atoms with Gasteiger partial charge in [0.2, 0.25) is 5.95 Å². The molecule has 2 heterocycles. The van der Waals surface area contributed by atoms with Gasteiger partial charge in [-0.15, -0.1) is 0 Å². The maximum absolute atomic E-state index is 4.84. The molecule has 0 bridgehead atoms. The minimum atomic E-state index is 0.553. The van der Waals surface area contributed by atoms with Crippen molar-refractivity contribution in [3.05, 3.63) is 217 Å². The highest BCUT2D eigenvalue weighted by atomic mass is 15.2. The van der Waals surface area contributed by atoms with Crippen molar-refractivity contribution in [1.82, 2.24) is 19.5 Å². The summed E-state index contributed by atoms with van der Waals surface area (Å²) in [5.74, 6) is 0.553. The van der Waals surface area contributed by atoms with Crippen LogP contribution < -0.4 is 9.80 Å². The number of hydrogen-bond acceptors (Lipinski definition) is 5. The fourth-order valence-electron chi connectivity index (χ4n) is 6.17. The SMILES string of the molecule is C(=C\c1cc(/C=C/c2ccc(N(c3ccccc3)c3ccccc3)cc2)nc(-n2ccnc2)n1)/c1ccc(N(c2ccccc2)c2ccccc2)cc1. The molecule has 0 amide bonds. The van der Waals surface area contributed by atoms with Gasteiger partial charge in [-0.1, -0.05) is 109 Å². The third-order valence-electron chi connectivity index (χ3n) is 8.74. The third-order valence-corrected chi connectivity index (χ3v) is 8.74. The topological polar surface area (TPSA) is 50.1 Å². The van der Waals surface area contributed by atoms with Crippen molar-refractivity contribution < 1.29 is 0 Å². The van der Waals surface area contributed by atoms with E-state index in [-0.39, 0.29) is 0 Å². The molecule has 0 spiro atoms. The maximum atomic E-state index is 4.84. The van der Waals surface area contributed by atoms with Crippen LogP contribution in [0.1, 0.15) is 22.5 Å². The summed E-state index contributed by atoms with van der Waals surface area (Å²) in [6, 6.07) is 60.8. The zero-order valence-corrected chi connectivity index (χ0v) is 29.0. The lowest BCUT2D eigenvalue weighted by Crippen LogP contribution is -2.09. The van der Waals surface area contributed by atoms with Crippen molar-refractivity contribution in [3.63, 3.8) is 0 Å². The third kappa shape index (κ3) is 7.88. The molecular weight excluding hydrogens is 649 g/mol. The predicted octanol–water partition coefficient (Wildman–Crippen LogP) is 11.9. The maximum Gasteiger partial charge on any atom is 0.236 e. The lowest BCUT2D eigenvalue weighted by atomic mass is 10.1. The highest BCUT2D eigenvalue weighted by Gasteiger charge is 2.13. The first-order valence-corrected chi connectivity index (χ1v) is 17.5. The molecule has 0 fully saturated rings. The molecule has 0 aliphatic carbocycles. The Bertz CT molecular complexity index is 2180. The second-order valence-electron chi connectivity index (χ2n) is 12.4. The lowest BCUT2D eigenvalue weighted by molar-refractivity contribution is 0.917. The van der Waals surface area contributed by atoms with E-state index in [0.29, 0.717) is 5.95 Å². The summed E-state index contributed by atoms with van der Waals surface area (Å²) in [5, 5.41) is 0. The van der Waals surface area contributed by atoms with Crippen molar-refractivity contribution in [2.75, 3.05) is 9.80 Å². The van der Waals surface area contributed by atoms with Crippen LogP contribution in [-0.2, 0) is 0 Å². The minimum absolute atomic E-state index is 0.553. The molecule has 0 aliphatic rings. The lowest BCUT2D eigenvalue weighted by Gasteiger charge is -2.25. The second kappa shape index (κ2) is 15.7. The van der Waals surface area contributed by atoms with E-state index in [1.807, 2.05) is 53.2 Å². The summed E-state index contributed by atoms with van der Waals surface area (Å²) in [5.41, 5.74) is 10.3. The molecular formula is C47H36N6. The van der Waals surface area contributed by atoms with Crippen LogP contribution in [-0.4, -0.2) is 19.5 Å². The van der Waals surface area contributed by atoms with Gasteiger partial charge >= 0.3 is 0 Å². The zero-order valence-electron chi connectivity index (χ0n) is 29.0. The first-order valence-electron chi connectivity index (χ1n) is 17.5. The van der Waals surface area contributed by atoms with Crippen LogP contribution in [0, 0.1) is 0 Å². The molecule has 0 atom stereocenters. The van der Waals surface area contributed by atoms with Crippen LogP contribution in [0.25, 0.3) is 30.3 Å². The Morgan fingerprint density at radius 1 is 0.396 bits per heavy atom. The van der Waals surface area contributed by atoms with E-state index in [1.165, 1.54) is 0 Å². The van der Waals surface area contributed by atoms with Gasteiger partial charge in [-0.2, -0.15) is 0 Å². The molecule has 0 saturated carbocycles. The average Bonchev–Trinajstić information content (AvgIpc) is 3.78. The molecule has 0 aliphatic heterocycles. The smallest absolute Gasteiger partial charge is 0.236 e. The summed E-state index contributed by atoms with van der Waals surface area (Å²) in [6.07, 6.45) is 13.5. The Labute approximate surface area is 310 Å². The molecule has 53 heavy (non-hydrogen) atoms. The van der Waals surface area contributed by atoms with Gasteiger partial charge in [0.1, 0.15) is 6.33 Å². The van der Waals surface area contributed by atoms with E-state index in [0.717, 1.165) is 56.6 Å². The van der Waals surface area contributed by atoms with Crippen molar-refractivity contribution >= 4 is 58.4 Å². The van der Waals surface area contributed by atoms with Gasteiger partial charge < -0.3 is 9.80 Å². The Morgan fingerprint density at radius 2 is 0.755 bits per heavy atom. The van der Waals surface area contributed by atoms with Gasteiger partial charge in [-0.05, 0) is 102 Å². The standard InChI is InChI=1S/C47H36N6/c1-5-13-41(14-6-1)52(42-15-7-2-8-16-42)45-29-23-37(24-30-45)21-27-39-35-40(50-47(49-39)51-34-33-48-36-51)28-22-38-25-31-46(32-26-38)53(43-17-9-3-10-18-43)44-19-11-4-12-20-44/h1-36H/b27-21+,28-22+. The number of hydrogen-bond donors (Lipinski definition) is 0. The van der Waals surface area contributed by atoms with Crippen molar-refractivity contribution in [3.8, 4) is 5.95 Å². The van der Waals surface area contributed by atoms with E-state index in [9.17, 15) is 0 Å². The van der Waals surface area contributed by atoms with E-state index < -0.39 is 0 Å². The zero-order chi connectivity index (χ0) is 35.7. The average molecular weight is 685 g/mol. The molecule has 8 rings (SSSR count). The number of imidazole rings is 1. The number of rotatable bonds is 11. The molecule has 8 aromatic rings. The molecule has 6 nitrogen and oxygen atoms in total. The van der Waals surface area contributed by atoms with E-state index >= 15 is 0 Å². The molecule has 254 valence electrons. The van der Waals surface area contributed by atoms with Crippen LogP contribution in [0.15, 0.2) is 195 Å². The number of anilines is 6. The largest absolute Gasteiger partial charge is 0.311 e. The summed E-state index contributed by atoms with van der Waals surface area (Å²) < 4.78 is 1.82. The van der Waals surface area contributed by atoms with Crippen molar-refractivity contribution in [2.45, 2.75) is 0 Å². The molecule has 0 N–H and O–H groups in total. The summed E-state index contributed by atoms with van der Waals surface area (Å²) >= 11 is 0. The van der Waals surface area contributed by atoms with Gasteiger partial charge in [-0.3, -0.25) is 4.57 Å². The Balaban J connectivity index is 1.04. The minimum Gasteiger partial charge on any atom is -0.311 e. The van der Waals surface area contributed by atoms with E-state index in [2.05, 4.69) is 173 Å². The summed E-state index contributed by atoms with van der Waals surface area (Å²) in [4.78, 5) is 18.4. The molecule has 2 aromatic heterocycles. The van der Waals surface area contributed by atoms with Crippen LogP contribution in [0.2, 0.25) is 0 Å². The Kier molecular flexibility index (Phi) is 9.74. The van der Waals surface area contributed by atoms with Gasteiger partial charge in [0.05, 0.1) is 11.4 Å². The molecule has 0 saturated heterocycles. The van der Waals surface area contributed by atoms with Crippen LogP contribution in [0.4, 0.5) is 34.1 Å². The Morgan fingerprint density at radius 3 is 1.09 bits per heavy atom. The van der Waals surface area contributed by atoms with Crippen LogP contribution in [0.5, 0.6) is 0 Å². The van der Waals surface area contributed by atoms with Gasteiger partial charge in [0.25, 0.3) is 0 Å². The highest BCUT2D eigenvalue weighted by molar-refractivity contribution is 5.80. The quantitative estimate of drug-likeness (QED) is 0.136. The fraction of sp³-hybridized carbons (Fsp3) is 0. The van der Waals surface area contributed by atoms with E-state index in [4.69, 9.17) is 9.97 Å². The van der Waals surface area contributed by atoms with Crippen molar-refractivity contribution in [1.29, 1.82) is 0 Å². The number of aromatic nitrogens is 4. The Hall–Kier alpha value is -7.31. The molecule has 0 unspecified atom stereocenters. The van der Waals surface area contributed by atoms with Crippen molar-refractivity contribution in [2.24, 2.45) is 0 Å². The fourth-order valence-corrected chi connectivity index (χ4v) is 6.17. The number of nitrogens with zero attached hydrogens (tertiary/aromatic N) is 6. The van der Waals surface area contributed by atoms with Gasteiger partial charge in [0.15, 0.2) is 0 Å². The number of benzene rings is 6.